The number of esters is 1. The molecule has 3 aromatic rings. The van der Waals surface area contributed by atoms with Gasteiger partial charge in [-0.1, -0.05) is 11.3 Å². The third-order valence-electron chi connectivity index (χ3n) is 3.36. The lowest BCUT2D eigenvalue weighted by Crippen LogP contribution is -2.11. The Kier molecular flexibility index (Phi) is 5.34. The fourth-order valence-corrected chi connectivity index (χ4v) is 2.99. The molecule has 0 saturated carbocycles. The van der Waals surface area contributed by atoms with Crippen molar-refractivity contribution in [3.8, 4) is 16.3 Å². The molecule has 0 aliphatic heterocycles. The summed E-state index contributed by atoms with van der Waals surface area (Å²) < 4.78 is 37.1. The number of aryl methyl sites for hydroxylation is 1. The van der Waals surface area contributed by atoms with Crippen molar-refractivity contribution >= 4 is 17.3 Å². The number of hydrogen-bond acceptors (Lipinski definition) is 6. The van der Waals surface area contributed by atoms with Gasteiger partial charge in [0.15, 0.2) is 0 Å². The number of benzene rings is 1. The van der Waals surface area contributed by atoms with Crippen LogP contribution in [0.2, 0.25) is 0 Å². The second-order valence-electron chi connectivity index (χ2n) is 5.47. The highest BCUT2D eigenvalue weighted by Gasteiger charge is 2.16. The van der Waals surface area contributed by atoms with Gasteiger partial charge in [-0.15, -0.1) is 0 Å². The van der Waals surface area contributed by atoms with E-state index in [4.69, 9.17) is 9.47 Å². The minimum Gasteiger partial charge on any atom is -0.393 e. The zero-order valence-electron chi connectivity index (χ0n) is 14.0. The van der Waals surface area contributed by atoms with Crippen molar-refractivity contribution in [1.82, 2.24) is 9.97 Å². The number of nitrogens with zero attached hydrogens (tertiary/aromatic N) is 2. The van der Waals surface area contributed by atoms with Gasteiger partial charge >= 0.3 is 5.97 Å². The molecule has 2 heterocycles. The van der Waals surface area contributed by atoms with E-state index in [9.17, 15) is 13.6 Å². The van der Waals surface area contributed by atoms with Gasteiger partial charge in [0.05, 0.1) is 12.3 Å². The van der Waals surface area contributed by atoms with Gasteiger partial charge in [0.2, 0.25) is 0 Å². The summed E-state index contributed by atoms with van der Waals surface area (Å²) in [5.74, 6) is -2.11. The molecule has 0 bridgehead atoms. The lowest BCUT2D eigenvalue weighted by molar-refractivity contribution is 0.0727. The van der Waals surface area contributed by atoms with E-state index in [0.717, 1.165) is 17.4 Å². The number of pyridine rings is 1. The van der Waals surface area contributed by atoms with Crippen LogP contribution in [0.4, 0.5) is 8.78 Å². The predicted molar refractivity (Wildman–Crippen MR) is 92.1 cm³/mol. The second kappa shape index (κ2) is 7.67. The minimum absolute atomic E-state index is 0.0214. The van der Waals surface area contributed by atoms with Crippen LogP contribution in [0.5, 0.6) is 5.19 Å². The van der Waals surface area contributed by atoms with Gasteiger partial charge in [0.1, 0.15) is 17.3 Å². The topological polar surface area (TPSA) is 61.3 Å². The van der Waals surface area contributed by atoms with Crippen LogP contribution in [0.1, 0.15) is 21.9 Å². The maximum absolute atomic E-state index is 13.5. The average Bonchev–Trinajstić information content (AvgIpc) is 3.01. The van der Waals surface area contributed by atoms with Crippen LogP contribution in [0.25, 0.3) is 11.1 Å². The molecule has 0 aliphatic rings. The molecule has 0 N–H and O–H groups in total. The zero-order valence-corrected chi connectivity index (χ0v) is 14.8. The van der Waals surface area contributed by atoms with Crippen LogP contribution >= 0.6 is 11.3 Å². The SMILES string of the molecule is COCc1csc(OC(=O)c2cc(-c3cc(F)cc(F)c3)cc(C)n2)n1. The molecule has 134 valence electrons. The fourth-order valence-electron chi connectivity index (χ4n) is 2.34. The molecule has 0 radical (unpaired) electrons. The van der Waals surface area contributed by atoms with Crippen LogP contribution in [-0.4, -0.2) is 23.0 Å². The molecule has 5 nitrogen and oxygen atoms in total. The molecular formula is C18H14F2N2O3S. The van der Waals surface area contributed by atoms with Gasteiger partial charge < -0.3 is 9.47 Å². The van der Waals surface area contributed by atoms with Crippen molar-refractivity contribution in [1.29, 1.82) is 0 Å². The number of carbonyl (C=O) groups is 1. The summed E-state index contributed by atoms with van der Waals surface area (Å²) in [5.41, 5.74) is 1.95. The smallest absolute Gasteiger partial charge is 0.364 e. The largest absolute Gasteiger partial charge is 0.393 e. The summed E-state index contributed by atoms with van der Waals surface area (Å²) in [7, 11) is 1.54. The Bertz CT molecular complexity index is 939. The van der Waals surface area contributed by atoms with Crippen molar-refractivity contribution in [2.45, 2.75) is 13.5 Å². The molecule has 0 unspecified atom stereocenters. The van der Waals surface area contributed by atoms with E-state index >= 15 is 0 Å². The maximum atomic E-state index is 13.5. The second-order valence-corrected chi connectivity index (χ2v) is 6.29. The van der Waals surface area contributed by atoms with E-state index in [0.29, 0.717) is 29.1 Å². The lowest BCUT2D eigenvalue weighted by atomic mass is 10.0. The van der Waals surface area contributed by atoms with E-state index in [-0.39, 0.29) is 10.9 Å². The van der Waals surface area contributed by atoms with Gasteiger partial charge in [0.25, 0.3) is 5.19 Å². The number of carbonyl (C=O) groups excluding carboxylic acids is 1. The first-order valence-electron chi connectivity index (χ1n) is 7.55. The molecule has 8 heteroatoms. The number of hydrogen-bond donors (Lipinski definition) is 0. The van der Waals surface area contributed by atoms with Gasteiger partial charge in [0, 0.05) is 24.3 Å². The molecule has 0 atom stereocenters. The first kappa shape index (κ1) is 18.1. The van der Waals surface area contributed by atoms with E-state index in [1.807, 2.05) is 0 Å². The fraction of sp³-hybridized carbons (Fsp3) is 0.167. The number of halogens is 2. The van der Waals surface area contributed by atoms with Gasteiger partial charge in [-0.2, -0.15) is 0 Å². The third kappa shape index (κ3) is 4.27. The number of methoxy groups -OCH3 is 1. The molecular weight excluding hydrogens is 362 g/mol. The lowest BCUT2D eigenvalue weighted by Gasteiger charge is -2.07. The van der Waals surface area contributed by atoms with Gasteiger partial charge in [-0.05, 0) is 42.3 Å². The summed E-state index contributed by atoms with van der Waals surface area (Å²) in [6.45, 7) is 1.99. The molecule has 26 heavy (non-hydrogen) atoms. The normalized spacial score (nSPS) is 10.8. The van der Waals surface area contributed by atoms with Crippen molar-refractivity contribution in [2.75, 3.05) is 7.11 Å². The Morgan fingerprint density at radius 3 is 2.46 bits per heavy atom. The van der Waals surface area contributed by atoms with Gasteiger partial charge in [-0.25, -0.2) is 23.5 Å². The van der Waals surface area contributed by atoms with E-state index in [1.165, 1.54) is 18.2 Å². The van der Waals surface area contributed by atoms with Crippen LogP contribution in [0.3, 0.4) is 0 Å². The standard InChI is InChI=1S/C18H14F2N2O3S/c1-10-3-11(12-4-13(19)7-14(20)5-12)6-16(21-10)17(23)25-18-22-15(8-24-2)9-26-18/h3-7,9H,8H2,1-2H3. The average molecular weight is 376 g/mol. The molecule has 0 spiro atoms. The Balaban J connectivity index is 1.87. The van der Waals surface area contributed by atoms with Crippen LogP contribution in [0.15, 0.2) is 35.7 Å². The summed E-state index contributed by atoms with van der Waals surface area (Å²) >= 11 is 1.16. The van der Waals surface area contributed by atoms with E-state index in [2.05, 4.69) is 9.97 Å². The summed E-state index contributed by atoms with van der Waals surface area (Å²) in [6, 6.07) is 6.21. The summed E-state index contributed by atoms with van der Waals surface area (Å²) in [5, 5.41) is 1.89. The predicted octanol–water partition coefficient (Wildman–Crippen LogP) is 4.16. The van der Waals surface area contributed by atoms with Crippen molar-refractivity contribution in [3.63, 3.8) is 0 Å². The molecule has 3 rings (SSSR count). The highest BCUT2D eigenvalue weighted by molar-refractivity contribution is 7.11. The number of aromatic nitrogens is 2. The van der Waals surface area contributed by atoms with E-state index in [1.54, 1.807) is 25.5 Å². The maximum Gasteiger partial charge on any atom is 0.364 e. The molecule has 0 fully saturated rings. The first-order valence-corrected chi connectivity index (χ1v) is 8.43. The number of rotatable bonds is 5. The van der Waals surface area contributed by atoms with Crippen molar-refractivity contribution < 1.29 is 23.0 Å². The molecule has 0 saturated heterocycles. The molecule has 0 aliphatic carbocycles. The van der Waals surface area contributed by atoms with E-state index < -0.39 is 17.6 Å². The van der Waals surface area contributed by atoms with Crippen molar-refractivity contribution in [3.05, 3.63) is 64.4 Å². The monoisotopic (exact) mass is 376 g/mol. The van der Waals surface area contributed by atoms with Crippen LogP contribution in [0, 0.1) is 18.6 Å². The van der Waals surface area contributed by atoms with Crippen LogP contribution < -0.4 is 4.74 Å². The zero-order chi connectivity index (χ0) is 18.7. The highest BCUT2D eigenvalue weighted by atomic mass is 32.1. The van der Waals surface area contributed by atoms with Crippen LogP contribution in [-0.2, 0) is 11.3 Å². The molecule has 1 aromatic carbocycles. The van der Waals surface area contributed by atoms with Gasteiger partial charge in [-0.3, -0.25) is 0 Å². The number of ether oxygens (including phenoxy) is 2. The Labute approximate surface area is 152 Å². The third-order valence-corrected chi connectivity index (χ3v) is 4.13. The Hall–Kier alpha value is -2.71. The Morgan fingerprint density at radius 2 is 1.77 bits per heavy atom. The summed E-state index contributed by atoms with van der Waals surface area (Å²) in [4.78, 5) is 20.6. The molecule has 2 aromatic heterocycles. The first-order chi connectivity index (χ1) is 12.4. The Morgan fingerprint density at radius 1 is 1.08 bits per heavy atom. The number of thiazole rings is 1. The highest BCUT2D eigenvalue weighted by Crippen LogP contribution is 2.24. The van der Waals surface area contributed by atoms with Crippen molar-refractivity contribution in [2.24, 2.45) is 0 Å². The quantitative estimate of drug-likeness (QED) is 0.626. The summed E-state index contributed by atoms with van der Waals surface area (Å²) in [6.07, 6.45) is 0. The molecule has 0 amide bonds. The minimum atomic E-state index is -0.704.